The number of aryl methyl sites for hydroxylation is 1. The molecule has 0 radical (unpaired) electrons. The number of carbonyl (C=O) groups is 1. The molecule has 2 rings (SSSR count). The van der Waals surface area contributed by atoms with Crippen LogP contribution in [0.2, 0.25) is 0 Å². The molecule has 22 heavy (non-hydrogen) atoms. The number of unbranched alkanes of at least 4 members (excludes halogenated alkanes) is 1. The van der Waals surface area contributed by atoms with Crippen LogP contribution in [0, 0.1) is 6.92 Å². The summed E-state index contributed by atoms with van der Waals surface area (Å²) < 4.78 is 5.22. The van der Waals surface area contributed by atoms with E-state index in [0.29, 0.717) is 23.2 Å². The molecule has 0 aliphatic heterocycles. The summed E-state index contributed by atoms with van der Waals surface area (Å²) in [6, 6.07) is 7.97. The van der Waals surface area contributed by atoms with Gasteiger partial charge in [-0.3, -0.25) is 4.79 Å². The molecule has 0 aliphatic carbocycles. The van der Waals surface area contributed by atoms with Gasteiger partial charge in [0.05, 0.1) is 11.5 Å². The van der Waals surface area contributed by atoms with Crippen molar-refractivity contribution < 1.29 is 9.32 Å². The van der Waals surface area contributed by atoms with E-state index >= 15 is 0 Å². The first-order valence-corrected chi connectivity index (χ1v) is 8.58. The molecule has 2 aromatic rings. The average Bonchev–Trinajstić information content (AvgIpc) is 2.97. The van der Waals surface area contributed by atoms with E-state index in [-0.39, 0.29) is 5.91 Å². The van der Waals surface area contributed by atoms with Crippen molar-refractivity contribution in [2.24, 2.45) is 0 Å². The van der Waals surface area contributed by atoms with Crippen molar-refractivity contribution in [3.63, 3.8) is 0 Å². The molecular formula is C16H21N3O2S. The number of rotatable bonds is 8. The van der Waals surface area contributed by atoms with Crippen molar-refractivity contribution in [2.45, 2.75) is 32.4 Å². The zero-order valence-electron chi connectivity index (χ0n) is 13.0. The van der Waals surface area contributed by atoms with Crippen molar-refractivity contribution in [1.82, 2.24) is 15.5 Å². The number of benzene rings is 1. The summed E-state index contributed by atoms with van der Waals surface area (Å²) >= 11 is 1.48. The SMILES string of the molecule is CCCCNC(=O)CSCc1nc(-c2ccc(C)cc2)no1. The molecule has 0 saturated carbocycles. The summed E-state index contributed by atoms with van der Waals surface area (Å²) in [6.45, 7) is 4.88. The largest absolute Gasteiger partial charge is 0.355 e. The zero-order chi connectivity index (χ0) is 15.8. The Hall–Kier alpha value is -1.82. The first kappa shape index (κ1) is 16.5. The Balaban J connectivity index is 1.78. The summed E-state index contributed by atoms with van der Waals surface area (Å²) in [5, 5.41) is 6.85. The standard InChI is InChI=1S/C16H21N3O2S/c1-3-4-9-17-14(20)10-22-11-15-18-16(19-21-15)13-7-5-12(2)6-8-13/h5-8H,3-4,9-11H2,1-2H3,(H,17,20). The third-order valence-corrected chi connectivity index (χ3v) is 4.01. The van der Waals surface area contributed by atoms with Crippen molar-refractivity contribution in [3.05, 3.63) is 35.7 Å². The molecule has 5 nitrogen and oxygen atoms in total. The van der Waals surface area contributed by atoms with Gasteiger partial charge in [-0.25, -0.2) is 0 Å². The predicted octanol–water partition coefficient (Wildman–Crippen LogP) is 3.19. The zero-order valence-corrected chi connectivity index (χ0v) is 13.8. The highest BCUT2D eigenvalue weighted by Crippen LogP contribution is 2.18. The Morgan fingerprint density at radius 2 is 2.09 bits per heavy atom. The van der Waals surface area contributed by atoms with Crippen LogP contribution in [0.4, 0.5) is 0 Å². The summed E-state index contributed by atoms with van der Waals surface area (Å²) in [6.07, 6.45) is 2.09. The fraction of sp³-hybridized carbons (Fsp3) is 0.438. The lowest BCUT2D eigenvalue weighted by Crippen LogP contribution is -2.26. The summed E-state index contributed by atoms with van der Waals surface area (Å²) in [5.41, 5.74) is 2.13. The van der Waals surface area contributed by atoms with E-state index in [2.05, 4.69) is 22.4 Å². The molecule has 1 aromatic carbocycles. The average molecular weight is 319 g/mol. The number of thioether (sulfide) groups is 1. The van der Waals surface area contributed by atoms with Crippen LogP contribution in [0.15, 0.2) is 28.8 Å². The Labute approximate surface area is 134 Å². The number of amides is 1. The lowest BCUT2D eigenvalue weighted by atomic mass is 10.1. The van der Waals surface area contributed by atoms with E-state index < -0.39 is 0 Å². The first-order chi connectivity index (χ1) is 10.7. The van der Waals surface area contributed by atoms with Crippen LogP contribution in [0.3, 0.4) is 0 Å². The summed E-state index contributed by atoms with van der Waals surface area (Å²) in [7, 11) is 0. The minimum Gasteiger partial charge on any atom is -0.355 e. The van der Waals surface area contributed by atoms with Crippen LogP contribution >= 0.6 is 11.8 Å². The molecule has 1 N–H and O–H groups in total. The van der Waals surface area contributed by atoms with E-state index in [9.17, 15) is 4.79 Å². The minimum atomic E-state index is 0.0525. The molecule has 118 valence electrons. The quantitative estimate of drug-likeness (QED) is 0.757. The third-order valence-electron chi connectivity index (χ3n) is 3.09. The fourth-order valence-corrected chi connectivity index (χ4v) is 2.50. The van der Waals surface area contributed by atoms with Crippen LogP contribution in [0.25, 0.3) is 11.4 Å². The number of nitrogens with one attached hydrogen (secondary N) is 1. The molecule has 0 bridgehead atoms. The van der Waals surface area contributed by atoms with Gasteiger partial charge in [0, 0.05) is 12.1 Å². The molecule has 1 amide bonds. The maximum Gasteiger partial charge on any atom is 0.236 e. The Bertz CT molecular complexity index is 596. The van der Waals surface area contributed by atoms with Crippen molar-refractivity contribution in [3.8, 4) is 11.4 Å². The summed E-state index contributed by atoms with van der Waals surface area (Å²) in [5.74, 6) is 2.13. The normalized spacial score (nSPS) is 10.6. The van der Waals surface area contributed by atoms with Crippen LogP contribution in [-0.2, 0) is 10.5 Å². The van der Waals surface area contributed by atoms with Crippen LogP contribution in [0.1, 0.15) is 31.2 Å². The number of hydrogen-bond donors (Lipinski definition) is 1. The van der Waals surface area contributed by atoms with E-state index in [1.807, 2.05) is 31.2 Å². The first-order valence-electron chi connectivity index (χ1n) is 7.43. The van der Waals surface area contributed by atoms with Gasteiger partial charge in [-0.1, -0.05) is 48.3 Å². The second-order valence-corrected chi connectivity index (χ2v) is 6.06. The molecule has 0 unspecified atom stereocenters. The van der Waals surface area contributed by atoms with Crippen LogP contribution in [-0.4, -0.2) is 28.3 Å². The Morgan fingerprint density at radius 1 is 1.32 bits per heavy atom. The highest BCUT2D eigenvalue weighted by Gasteiger charge is 2.09. The molecule has 0 aliphatic rings. The van der Waals surface area contributed by atoms with E-state index in [4.69, 9.17) is 4.52 Å². The molecule has 0 saturated heterocycles. The van der Waals surface area contributed by atoms with Gasteiger partial charge < -0.3 is 9.84 Å². The highest BCUT2D eigenvalue weighted by molar-refractivity contribution is 7.99. The molecule has 6 heteroatoms. The van der Waals surface area contributed by atoms with Crippen LogP contribution < -0.4 is 5.32 Å². The molecule has 0 spiro atoms. The van der Waals surface area contributed by atoms with Gasteiger partial charge in [0.15, 0.2) is 0 Å². The molecule has 0 fully saturated rings. The number of hydrogen-bond acceptors (Lipinski definition) is 5. The monoisotopic (exact) mass is 319 g/mol. The van der Waals surface area contributed by atoms with Crippen molar-refractivity contribution in [1.29, 1.82) is 0 Å². The van der Waals surface area contributed by atoms with Gasteiger partial charge in [-0.05, 0) is 13.3 Å². The molecule has 1 aromatic heterocycles. The second kappa shape index (κ2) is 8.58. The second-order valence-electron chi connectivity index (χ2n) is 5.07. The van der Waals surface area contributed by atoms with Gasteiger partial charge in [0.1, 0.15) is 0 Å². The maximum absolute atomic E-state index is 11.6. The molecular weight excluding hydrogens is 298 g/mol. The lowest BCUT2D eigenvalue weighted by Gasteiger charge is -2.02. The fourth-order valence-electron chi connectivity index (χ4n) is 1.82. The maximum atomic E-state index is 11.6. The predicted molar refractivity (Wildman–Crippen MR) is 88.6 cm³/mol. The van der Waals surface area contributed by atoms with Gasteiger partial charge >= 0.3 is 0 Å². The van der Waals surface area contributed by atoms with E-state index in [1.54, 1.807) is 0 Å². The van der Waals surface area contributed by atoms with Gasteiger partial charge in [0.25, 0.3) is 0 Å². The van der Waals surface area contributed by atoms with Gasteiger partial charge in [0.2, 0.25) is 17.6 Å². The lowest BCUT2D eigenvalue weighted by molar-refractivity contribution is -0.118. The van der Waals surface area contributed by atoms with Gasteiger partial charge in [-0.2, -0.15) is 4.98 Å². The smallest absolute Gasteiger partial charge is 0.236 e. The number of nitrogens with zero attached hydrogens (tertiary/aromatic N) is 2. The minimum absolute atomic E-state index is 0.0525. The van der Waals surface area contributed by atoms with Crippen molar-refractivity contribution >= 4 is 17.7 Å². The molecule has 1 heterocycles. The Kier molecular flexibility index (Phi) is 6.45. The van der Waals surface area contributed by atoms with E-state index in [0.717, 1.165) is 24.9 Å². The summed E-state index contributed by atoms with van der Waals surface area (Å²) in [4.78, 5) is 15.9. The van der Waals surface area contributed by atoms with Gasteiger partial charge in [-0.15, -0.1) is 11.8 Å². The van der Waals surface area contributed by atoms with Crippen LogP contribution in [0.5, 0.6) is 0 Å². The highest BCUT2D eigenvalue weighted by atomic mass is 32.2. The molecule has 0 atom stereocenters. The topological polar surface area (TPSA) is 68.0 Å². The van der Waals surface area contributed by atoms with Crippen molar-refractivity contribution in [2.75, 3.05) is 12.3 Å². The number of aromatic nitrogens is 2. The van der Waals surface area contributed by atoms with E-state index in [1.165, 1.54) is 17.3 Å². The Morgan fingerprint density at radius 3 is 2.82 bits per heavy atom. The number of carbonyl (C=O) groups excluding carboxylic acids is 1. The third kappa shape index (κ3) is 5.18.